The van der Waals surface area contributed by atoms with Crippen molar-refractivity contribution in [1.82, 2.24) is 4.40 Å². The number of carbonyl (C=O) groups is 1. The van der Waals surface area contributed by atoms with Crippen LogP contribution >= 0.6 is 11.6 Å². The third kappa shape index (κ3) is 3.46. The summed E-state index contributed by atoms with van der Waals surface area (Å²) in [7, 11) is 0. The second-order valence-corrected chi connectivity index (χ2v) is 7.36. The van der Waals surface area contributed by atoms with E-state index in [-0.39, 0.29) is 22.6 Å². The summed E-state index contributed by atoms with van der Waals surface area (Å²) < 4.78 is 20.1. The second kappa shape index (κ2) is 6.55. The maximum atomic E-state index is 14.0. The molecule has 0 aliphatic carbocycles. The number of hydrogen-bond donors (Lipinski definition) is 0. The molecule has 0 aliphatic heterocycles. The highest BCUT2D eigenvalue weighted by atomic mass is 35.5. The molecule has 0 aromatic carbocycles. The predicted octanol–water partition coefficient (Wildman–Crippen LogP) is 4.17. The van der Waals surface area contributed by atoms with Crippen LogP contribution in [-0.4, -0.2) is 17.0 Å². The first-order valence-corrected chi connectivity index (χ1v) is 8.14. The molecule has 4 nitrogen and oxygen atoms in total. The average Bonchev–Trinajstić information content (AvgIpc) is 2.46. The summed E-state index contributed by atoms with van der Waals surface area (Å²) >= 11 is 6.02. The van der Waals surface area contributed by atoms with Crippen LogP contribution in [0.4, 0.5) is 4.39 Å². The van der Waals surface area contributed by atoms with Crippen molar-refractivity contribution in [3.05, 3.63) is 50.1 Å². The molecule has 2 rings (SSSR count). The summed E-state index contributed by atoms with van der Waals surface area (Å²) in [6.45, 7) is 9.60. The minimum absolute atomic E-state index is 0.0200. The number of aryl methyl sites for hydroxylation is 1. The molecule has 0 saturated heterocycles. The summed E-state index contributed by atoms with van der Waals surface area (Å²) in [5.74, 6) is -1.41. The lowest BCUT2D eigenvalue weighted by Crippen LogP contribution is -2.26. The van der Waals surface area contributed by atoms with Gasteiger partial charge in [-0.05, 0) is 42.9 Å². The zero-order valence-electron chi connectivity index (χ0n) is 14.5. The fraction of sp³-hybridized carbons (Fsp3) is 0.444. The molecule has 0 saturated carbocycles. The van der Waals surface area contributed by atoms with Crippen molar-refractivity contribution < 1.29 is 13.9 Å². The third-order valence-electron chi connectivity index (χ3n) is 3.67. The van der Waals surface area contributed by atoms with Crippen LogP contribution in [0, 0.1) is 18.2 Å². The summed E-state index contributed by atoms with van der Waals surface area (Å²) in [4.78, 5) is 24.7. The van der Waals surface area contributed by atoms with Gasteiger partial charge in [-0.15, -0.1) is 0 Å². The highest BCUT2D eigenvalue weighted by Crippen LogP contribution is 2.29. The SMILES string of the molecule is CCOC(=O)c1cc(CC(C)(C)C)c2c(C)c(Cl)c(F)cn2c1=O. The van der Waals surface area contributed by atoms with E-state index < -0.39 is 17.3 Å². The molecule has 0 bridgehead atoms. The summed E-state index contributed by atoms with van der Waals surface area (Å²) in [6.07, 6.45) is 1.62. The number of aromatic nitrogens is 1. The Hall–Kier alpha value is -1.88. The van der Waals surface area contributed by atoms with E-state index in [2.05, 4.69) is 0 Å². The van der Waals surface area contributed by atoms with Gasteiger partial charge in [-0.25, -0.2) is 9.18 Å². The van der Waals surface area contributed by atoms with Crippen LogP contribution in [0.15, 0.2) is 17.1 Å². The van der Waals surface area contributed by atoms with Gasteiger partial charge in [0.25, 0.3) is 5.56 Å². The van der Waals surface area contributed by atoms with Gasteiger partial charge in [0.1, 0.15) is 5.56 Å². The largest absolute Gasteiger partial charge is 0.462 e. The average molecular weight is 354 g/mol. The van der Waals surface area contributed by atoms with E-state index in [4.69, 9.17) is 16.3 Å². The van der Waals surface area contributed by atoms with Crippen molar-refractivity contribution in [3.8, 4) is 0 Å². The number of nitrogens with zero attached hydrogens (tertiary/aromatic N) is 1. The summed E-state index contributed by atoms with van der Waals surface area (Å²) in [5, 5.41) is -0.0200. The molecule has 0 atom stereocenters. The molecule has 0 radical (unpaired) electrons. The van der Waals surface area contributed by atoms with Crippen LogP contribution in [0.3, 0.4) is 0 Å². The van der Waals surface area contributed by atoms with Crippen LogP contribution in [0.2, 0.25) is 5.02 Å². The summed E-state index contributed by atoms with van der Waals surface area (Å²) in [6, 6.07) is 1.54. The smallest absolute Gasteiger partial charge is 0.343 e. The number of fused-ring (bicyclic) bond motifs is 1. The molecular weight excluding hydrogens is 333 g/mol. The van der Waals surface area contributed by atoms with Gasteiger partial charge in [-0.1, -0.05) is 32.4 Å². The number of esters is 1. The monoisotopic (exact) mass is 353 g/mol. The molecule has 2 heterocycles. The number of rotatable bonds is 3. The van der Waals surface area contributed by atoms with Crippen LogP contribution in [0.25, 0.3) is 5.52 Å². The van der Waals surface area contributed by atoms with Crippen LogP contribution in [-0.2, 0) is 11.2 Å². The standard InChI is InChI=1S/C18H21ClFNO3/c1-6-24-17(23)12-7-11(8-18(3,4)5)15-10(2)14(19)13(20)9-21(15)16(12)22/h7,9H,6,8H2,1-5H3. The van der Waals surface area contributed by atoms with E-state index in [1.54, 1.807) is 19.9 Å². The number of carbonyl (C=O) groups excluding carboxylic acids is 1. The van der Waals surface area contributed by atoms with E-state index in [0.29, 0.717) is 17.5 Å². The molecule has 0 amide bonds. The third-order valence-corrected chi connectivity index (χ3v) is 4.13. The maximum Gasteiger partial charge on any atom is 0.343 e. The number of hydrogen-bond acceptors (Lipinski definition) is 3. The number of ether oxygens (including phenoxy) is 1. The molecule has 2 aromatic heterocycles. The molecule has 0 spiro atoms. The van der Waals surface area contributed by atoms with Crippen LogP contribution in [0.1, 0.15) is 49.2 Å². The maximum absolute atomic E-state index is 14.0. The van der Waals surface area contributed by atoms with E-state index in [0.717, 1.165) is 16.2 Å². The van der Waals surface area contributed by atoms with Gasteiger partial charge in [0.05, 0.1) is 17.1 Å². The molecule has 130 valence electrons. The van der Waals surface area contributed by atoms with Gasteiger partial charge in [0.2, 0.25) is 0 Å². The number of pyridine rings is 2. The topological polar surface area (TPSA) is 47.8 Å². The first-order chi connectivity index (χ1) is 11.1. The van der Waals surface area contributed by atoms with Crippen molar-refractivity contribution in [1.29, 1.82) is 0 Å². The highest BCUT2D eigenvalue weighted by Gasteiger charge is 2.23. The zero-order chi connectivity index (χ0) is 18.2. The Labute approximate surface area is 145 Å². The first kappa shape index (κ1) is 18.5. The second-order valence-electron chi connectivity index (χ2n) is 6.98. The fourth-order valence-electron chi connectivity index (χ4n) is 2.75. The molecule has 0 unspecified atom stereocenters. The molecule has 0 N–H and O–H groups in total. The van der Waals surface area contributed by atoms with Gasteiger partial charge < -0.3 is 4.74 Å². The summed E-state index contributed by atoms with van der Waals surface area (Å²) in [5.41, 5.74) is 0.953. The Morgan fingerprint density at radius 1 is 1.38 bits per heavy atom. The van der Waals surface area contributed by atoms with Gasteiger partial charge in [0.15, 0.2) is 5.82 Å². The van der Waals surface area contributed by atoms with E-state index in [9.17, 15) is 14.0 Å². The van der Waals surface area contributed by atoms with Gasteiger partial charge >= 0.3 is 5.97 Å². The van der Waals surface area contributed by atoms with E-state index in [1.807, 2.05) is 20.8 Å². The molecule has 6 heteroatoms. The lowest BCUT2D eigenvalue weighted by Gasteiger charge is -2.21. The molecule has 0 aliphatic rings. The van der Waals surface area contributed by atoms with Crippen molar-refractivity contribution in [2.24, 2.45) is 5.41 Å². The van der Waals surface area contributed by atoms with Gasteiger partial charge in [-0.2, -0.15) is 0 Å². The van der Waals surface area contributed by atoms with Gasteiger partial charge in [-0.3, -0.25) is 9.20 Å². The highest BCUT2D eigenvalue weighted by molar-refractivity contribution is 6.32. The fourth-order valence-corrected chi connectivity index (χ4v) is 2.89. The van der Waals surface area contributed by atoms with Crippen LogP contribution < -0.4 is 5.56 Å². The van der Waals surface area contributed by atoms with E-state index in [1.165, 1.54) is 0 Å². The molecular formula is C18H21ClFNO3. The molecule has 0 fully saturated rings. The minimum Gasteiger partial charge on any atom is -0.462 e. The minimum atomic E-state index is -0.708. The van der Waals surface area contributed by atoms with Crippen LogP contribution in [0.5, 0.6) is 0 Å². The Balaban J connectivity index is 2.90. The lowest BCUT2D eigenvalue weighted by molar-refractivity contribution is 0.0524. The Morgan fingerprint density at radius 2 is 2.00 bits per heavy atom. The van der Waals surface area contributed by atoms with Crippen molar-refractivity contribution in [2.75, 3.05) is 6.61 Å². The quantitative estimate of drug-likeness (QED) is 0.778. The normalized spacial score (nSPS) is 11.8. The Morgan fingerprint density at radius 3 is 2.54 bits per heavy atom. The van der Waals surface area contributed by atoms with Crippen molar-refractivity contribution in [2.45, 2.75) is 41.0 Å². The lowest BCUT2D eigenvalue weighted by atomic mass is 9.87. The predicted molar refractivity (Wildman–Crippen MR) is 92.5 cm³/mol. The van der Waals surface area contributed by atoms with Crippen molar-refractivity contribution >= 4 is 23.1 Å². The Kier molecular flexibility index (Phi) is 5.04. The molecule has 24 heavy (non-hydrogen) atoms. The Bertz CT molecular complexity index is 865. The number of halogens is 2. The van der Waals surface area contributed by atoms with Gasteiger partial charge in [0, 0.05) is 6.20 Å². The molecule has 2 aromatic rings. The first-order valence-electron chi connectivity index (χ1n) is 7.76. The zero-order valence-corrected chi connectivity index (χ0v) is 15.3. The van der Waals surface area contributed by atoms with Crippen molar-refractivity contribution in [3.63, 3.8) is 0 Å². The van der Waals surface area contributed by atoms with E-state index >= 15 is 0 Å².